The molecule has 166 valence electrons. The quantitative estimate of drug-likeness (QED) is 0.407. The van der Waals surface area contributed by atoms with E-state index in [2.05, 4.69) is 20.3 Å². The van der Waals surface area contributed by atoms with Crippen molar-refractivity contribution >= 4 is 16.0 Å². The normalized spacial score (nSPS) is 13.3. The predicted octanol–water partition coefficient (Wildman–Crippen LogP) is 2.32. The zero-order valence-corrected chi connectivity index (χ0v) is 18.1. The van der Waals surface area contributed by atoms with Crippen LogP contribution in [0.25, 0.3) is 0 Å². The maximum Gasteiger partial charge on any atom is 0.422 e. The zero-order chi connectivity index (χ0) is 22.3. The Morgan fingerprint density at radius 1 is 1.21 bits per heavy atom. The molecular formula is C18H29F3N4O3S. The average Bonchev–Trinajstić information content (AvgIpc) is 2.54. The number of aliphatic imine (C=N–C) groups is 1. The molecule has 0 aliphatic carbocycles. The number of alkyl halides is 3. The van der Waals surface area contributed by atoms with E-state index in [0.29, 0.717) is 18.1 Å². The Morgan fingerprint density at radius 2 is 1.86 bits per heavy atom. The van der Waals surface area contributed by atoms with Crippen molar-refractivity contribution in [2.24, 2.45) is 4.99 Å². The molecule has 3 N–H and O–H groups in total. The van der Waals surface area contributed by atoms with E-state index in [9.17, 15) is 21.6 Å². The number of ether oxygens (including phenoxy) is 1. The van der Waals surface area contributed by atoms with Gasteiger partial charge in [0.1, 0.15) is 5.75 Å². The number of nitrogens with one attached hydrogen (secondary N) is 3. The van der Waals surface area contributed by atoms with E-state index < -0.39 is 28.3 Å². The second-order valence-corrected chi connectivity index (χ2v) is 9.07. The van der Waals surface area contributed by atoms with Crippen molar-refractivity contribution in [1.82, 2.24) is 15.4 Å². The summed E-state index contributed by atoms with van der Waals surface area (Å²) in [6, 6.07) is 4.98. The Kier molecular flexibility index (Phi) is 8.76. The van der Waals surface area contributed by atoms with Crippen LogP contribution < -0.4 is 20.1 Å². The summed E-state index contributed by atoms with van der Waals surface area (Å²) in [6.07, 6.45) is -3.35. The van der Waals surface area contributed by atoms with Gasteiger partial charge in [-0.1, -0.05) is 12.1 Å². The number of guanidine groups is 1. The Labute approximate surface area is 170 Å². The molecule has 0 spiro atoms. The summed E-state index contributed by atoms with van der Waals surface area (Å²) in [5.41, 5.74) is 0.508. The summed E-state index contributed by atoms with van der Waals surface area (Å²) >= 11 is 0. The standard InChI is InChI=1S/C18H29F3N4O3S/c1-6-22-16(24-11-17(3,4)25-29(5,26)27)23-10-14-8-7-13(2)9-15(14)28-12-18(19,20)21/h7-9,25H,6,10-12H2,1-5H3,(H2,22,23,24). The third-order valence-corrected chi connectivity index (χ3v) is 4.45. The highest BCUT2D eigenvalue weighted by Gasteiger charge is 2.29. The number of halogens is 3. The van der Waals surface area contributed by atoms with Crippen LogP contribution in [0.3, 0.4) is 0 Å². The Balaban J connectivity index is 2.90. The van der Waals surface area contributed by atoms with Crippen molar-refractivity contribution in [3.05, 3.63) is 29.3 Å². The van der Waals surface area contributed by atoms with Crippen LogP contribution in [-0.4, -0.2) is 52.0 Å². The van der Waals surface area contributed by atoms with Crippen LogP contribution in [0.1, 0.15) is 31.9 Å². The monoisotopic (exact) mass is 438 g/mol. The fourth-order valence-corrected chi connectivity index (χ4v) is 3.51. The van der Waals surface area contributed by atoms with Crippen LogP contribution in [-0.2, 0) is 16.6 Å². The van der Waals surface area contributed by atoms with E-state index in [0.717, 1.165) is 11.8 Å². The van der Waals surface area contributed by atoms with Gasteiger partial charge in [-0.25, -0.2) is 18.1 Å². The fraction of sp³-hybridized carbons (Fsp3) is 0.611. The van der Waals surface area contributed by atoms with E-state index in [4.69, 9.17) is 4.74 Å². The molecule has 0 aromatic heterocycles. The lowest BCUT2D eigenvalue weighted by atomic mass is 10.1. The molecule has 0 aliphatic heterocycles. The van der Waals surface area contributed by atoms with E-state index in [-0.39, 0.29) is 18.8 Å². The molecule has 0 amide bonds. The van der Waals surface area contributed by atoms with Crippen LogP contribution in [0.5, 0.6) is 5.75 Å². The lowest BCUT2D eigenvalue weighted by Gasteiger charge is -2.26. The second kappa shape index (κ2) is 10.1. The van der Waals surface area contributed by atoms with Crippen molar-refractivity contribution in [3.63, 3.8) is 0 Å². The molecule has 11 heteroatoms. The van der Waals surface area contributed by atoms with Crippen LogP contribution in [0.15, 0.2) is 23.2 Å². The molecule has 0 aliphatic rings. The number of hydrogen-bond acceptors (Lipinski definition) is 4. The molecule has 0 unspecified atom stereocenters. The van der Waals surface area contributed by atoms with Crippen molar-refractivity contribution in [1.29, 1.82) is 0 Å². The van der Waals surface area contributed by atoms with Crippen LogP contribution in [0.4, 0.5) is 13.2 Å². The number of rotatable bonds is 9. The van der Waals surface area contributed by atoms with Crippen molar-refractivity contribution < 1.29 is 26.3 Å². The molecule has 7 nitrogen and oxygen atoms in total. The number of sulfonamides is 1. The summed E-state index contributed by atoms with van der Waals surface area (Å²) in [5, 5.41) is 6.05. The minimum atomic E-state index is -4.43. The predicted molar refractivity (Wildman–Crippen MR) is 108 cm³/mol. The first kappa shape index (κ1) is 25.0. The van der Waals surface area contributed by atoms with E-state index in [1.807, 2.05) is 6.92 Å². The van der Waals surface area contributed by atoms with Gasteiger partial charge in [-0.2, -0.15) is 13.2 Å². The first-order chi connectivity index (χ1) is 13.2. The molecule has 1 aromatic rings. The third kappa shape index (κ3) is 10.9. The molecule has 1 aromatic carbocycles. The van der Waals surface area contributed by atoms with Gasteiger partial charge in [0, 0.05) is 24.2 Å². The largest absolute Gasteiger partial charge is 0.484 e. The molecule has 0 radical (unpaired) electrons. The summed E-state index contributed by atoms with van der Waals surface area (Å²) in [5.74, 6) is 0.527. The molecule has 0 atom stereocenters. The average molecular weight is 439 g/mol. The van der Waals surface area contributed by atoms with Gasteiger partial charge in [0.15, 0.2) is 12.6 Å². The lowest BCUT2D eigenvalue weighted by Crippen LogP contribution is -2.53. The third-order valence-electron chi connectivity index (χ3n) is 3.53. The Hall–Kier alpha value is -2.01. The van der Waals surface area contributed by atoms with Crippen molar-refractivity contribution in [2.45, 2.75) is 46.0 Å². The zero-order valence-electron chi connectivity index (χ0n) is 17.3. The van der Waals surface area contributed by atoms with Gasteiger partial charge < -0.3 is 15.4 Å². The number of nitrogens with zero attached hydrogens (tertiary/aromatic N) is 1. The highest BCUT2D eigenvalue weighted by atomic mass is 32.2. The van der Waals surface area contributed by atoms with Crippen molar-refractivity contribution in [3.8, 4) is 5.75 Å². The molecule has 0 saturated heterocycles. The number of aryl methyl sites for hydroxylation is 1. The van der Waals surface area contributed by atoms with Gasteiger partial charge in [0.05, 0.1) is 12.8 Å². The van der Waals surface area contributed by atoms with E-state index in [1.54, 1.807) is 32.9 Å². The van der Waals surface area contributed by atoms with E-state index >= 15 is 0 Å². The maximum atomic E-state index is 12.5. The van der Waals surface area contributed by atoms with Gasteiger partial charge in [0.25, 0.3) is 0 Å². The molecule has 0 bridgehead atoms. The molecule has 29 heavy (non-hydrogen) atoms. The van der Waals surface area contributed by atoms with Gasteiger partial charge in [0.2, 0.25) is 10.0 Å². The van der Waals surface area contributed by atoms with Crippen LogP contribution in [0.2, 0.25) is 0 Å². The minimum absolute atomic E-state index is 0.0860. The number of benzene rings is 1. The Morgan fingerprint density at radius 3 is 2.41 bits per heavy atom. The molecular weight excluding hydrogens is 409 g/mol. The highest BCUT2D eigenvalue weighted by molar-refractivity contribution is 7.88. The summed E-state index contributed by atoms with van der Waals surface area (Å²) in [7, 11) is -3.38. The smallest absolute Gasteiger partial charge is 0.422 e. The van der Waals surface area contributed by atoms with Gasteiger partial charge in [-0.05, 0) is 39.3 Å². The SMILES string of the molecule is CCNC(=NCc1ccc(C)cc1OCC(F)(F)F)NCC(C)(C)NS(C)(=O)=O. The first-order valence-corrected chi connectivity index (χ1v) is 10.9. The highest BCUT2D eigenvalue weighted by Crippen LogP contribution is 2.24. The van der Waals surface area contributed by atoms with E-state index in [1.165, 1.54) is 6.07 Å². The van der Waals surface area contributed by atoms with Crippen molar-refractivity contribution in [2.75, 3.05) is 26.0 Å². The van der Waals surface area contributed by atoms with Gasteiger partial charge in [-0.3, -0.25) is 0 Å². The molecule has 1 rings (SSSR count). The Bertz CT molecular complexity index is 809. The summed E-state index contributed by atoms with van der Waals surface area (Å²) in [4.78, 5) is 4.37. The minimum Gasteiger partial charge on any atom is -0.484 e. The lowest BCUT2D eigenvalue weighted by molar-refractivity contribution is -0.153. The summed E-state index contributed by atoms with van der Waals surface area (Å²) < 4.78 is 67.8. The second-order valence-electron chi connectivity index (χ2n) is 7.32. The molecule has 0 fully saturated rings. The summed E-state index contributed by atoms with van der Waals surface area (Å²) in [6.45, 7) is 6.56. The van der Waals surface area contributed by atoms with Crippen LogP contribution in [0, 0.1) is 6.92 Å². The van der Waals surface area contributed by atoms with Gasteiger partial charge in [-0.15, -0.1) is 0 Å². The first-order valence-electron chi connectivity index (χ1n) is 9.01. The van der Waals surface area contributed by atoms with Crippen LogP contribution >= 0.6 is 0 Å². The molecule has 0 saturated carbocycles. The molecule has 0 heterocycles. The maximum absolute atomic E-state index is 12.5. The fourth-order valence-electron chi connectivity index (χ4n) is 2.43. The van der Waals surface area contributed by atoms with Gasteiger partial charge >= 0.3 is 6.18 Å². The topological polar surface area (TPSA) is 91.8 Å². The number of hydrogen-bond donors (Lipinski definition) is 3.